The number of rotatable bonds is 6. The molecule has 0 spiro atoms. The van der Waals surface area contributed by atoms with Gasteiger partial charge in [-0.1, -0.05) is 30.3 Å². The van der Waals surface area contributed by atoms with E-state index in [9.17, 15) is 9.59 Å². The zero-order valence-electron chi connectivity index (χ0n) is 14.7. The average molecular weight is 332 g/mol. The van der Waals surface area contributed by atoms with Gasteiger partial charge in [0, 0.05) is 7.05 Å². The molecule has 5 nitrogen and oxygen atoms in total. The highest BCUT2D eigenvalue weighted by Gasteiger charge is 2.21. The predicted octanol–water partition coefficient (Wildman–Crippen LogP) is 2.28. The highest BCUT2D eigenvalue weighted by Crippen LogP contribution is 2.27. The third-order valence-corrected chi connectivity index (χ3v) is 4.55. The molecule has 24 heavy (non-hydrogen) atoms. The number of carbonyl (C=O) groups excluding carboxylic acids is 2. The Morgan fingerprint density at radius 3 is 2.67 bits per heavy atom. The van der Waals surface area contributed by atoms with Gasteiger partial charge < -0.3 is 9.64 Å². The molecule has 0 radical (unpaired) electrons. The first-order chi connectivity index (χ1) is 11.6. The van der Waals surface area contributed by atoms with Crippen LogP contribution in [0.1, 0.15) is 37.7 Å². The summed E-state index contributed by atoms with van der Waals surface area (Å²) in [5.41, 5.74) is 1.39. The predicted molar refractivity (Wildman–Crippen MR) is 93.7 cm³/mol. The van der Waals surface area contributed by atoms with E-state index < -0.39 is 0 Å². The molecular weight excluding hydrogens is 304 g/mol. The molecule has 0 aromatic heterocycles. The molecule has 2 rings (SSSR count). The summed E-state index contributed by atoms with van der Waals surface area (Å²) < 4.78 is 4.89. The molecule has 0 N–H and O–H groups in total. The number of benzene rings is 1. The lowest BCUT2D eigenvalue weighted by Crippen LogP contribution is -2.41. The summed E-state index contributed by atoms with van der Waals surface area (Å²) in [5.74, 6) is 0.193. The highest BCUT2D eigenvalue weighted by atomic mass is 16.5. The maximum atomic E-state index is 12.3. The van der Waals surface area contributed by atoms with Crippen molar-refractivity contribution in [1.82, 2.24) is 9.80 Å². The Labute approximate surface area is 144 Å². The summed E-state index contributed by atoms with van der Waals surface area (Å²) in [7, 11) is 1.66. The maximum absolute atomic E-state index is 12.3. The molecule has 0 aliphatic carbocycles. The van der Waals surface area contributed by atoms with Gasteiger partial charge >= 0.3 is 5.97 Å². The molecule has 1 aromatic carbocycles. The SMILES string of the molecule is CCOC(=O)CN(C)C(=O)CN1CCCC(c2ccccc2)CC1. The lowest BCUT2D eigenvalue weighted by atomic mass is 9.92. The number of likely N-dealkylation sites (N-methyl/N-ethyl adjacent to an activating group) is 1. The van der Waals surface area contributed by atoms with Crippen LogP contribution in [0.5, 0.6) is 0 Å². The highest BCUT2D eigenvalue weighted by molar-refractivity contribution is 5.83. The van der Waals surface area contributed by atoms with Gasteiger partial charge in [-0.15, -0.1) is 0 Å². The van der Waals surface area contributed by atoms with Crippen molar-refractivity contribution in [2.45, 2.75) is 32.1 Å². The number of hydrogen-bond acceptors (Lipinski definition) is 4. The zero-order valence-corrected chi connectivity index (χ0v) is 14.7. The van der Waals surface area contributed by atoms with Gasteiger partial charge in [-0.05, 0) is 50.8 Å². The van der Waals surface area contributed by atoms with Crippen molar-refractivity contribution >= 4 is 11.9 Å². The van der Waals surface area contributed by atoms with Crippen LogP contribution in [0.2, 0.25) is 0 Å². The van der Waals surface area contributed by atoms with Crippen molar-refractivity contribution in [1.29, 1.82) is 0 Å². The second-order valence-electron chi connectivity index (χ2n) is 6.37. The van der Waals surface area contributed by atoms with Crippen LogP contribution in [0.3, 0.4) is 0 Å². The Kier molecular flexibility index (Phi) is 7.25. The van der Waals surface area contributed by atoms with E-state index in [1.165, 1.54) is 10.5 Å². The number of carbonyl (C=O) groups is 2. The van der Waals surface area contributed by atoms with Crippen LogP contribution in [0.4, 0.5) is 0 Å². The van der Waals surface area contributed by atoms with E-state index in [2.05, 4.69) is 29.2 Å². The minimum Gasteiger partial charge on any atom is -0.465 e. The maximum Gasteiger partial charge on any atom is 0.325 e. The van der Waals surface area contributed by atoms with E-state index in [1.807, 2.05) is 6.07 Å². The zero-order chi connectivity index (χ0) is 17.4. The number of esters is 1. The number of likely N-dealkylation sites (tertiary alicyclic amines) is 1. The largest absolute Gasteiger partial charge is 0.465 e. The molecule has 1 saturated heterocycles. The molecule has 1 unspecified atom stereocenters. The molecule has 1 aliphatic heterocycles. The number of nitrogens with zero attached hydrogens (tertiary/aromatic N) is 2. The summed E-state index contributed by atoms with van der Waals surface area (Å²) in [4.78, 5) is 27.4. The first-order valence-corrected chi connectivity index (χ1v) is 8.77. The van der Waals surface area contributed by atoms with Gasteiger partial charge in [0.1, 0.15) is 6.54 Å². The second kappa shape index (κ2) is 9.42. The van der Waals surface area contributed by atoms with E-state index in [1.54, 1.807) is 14.0 Å². The Bertz CT molecular complexity index is 533. The van der Waals surface area contributed by atoms with E-state index in [0.717, 1.165) is 32.4 Å². The van der Waals surface area contributed by atoms with E-state index in [-0.39, 0.29) is 18.4 Å². The first kappa shape index (κ1) is 18.5. The smallest absolute Gasteiger partial charge is 0.325 e. The van der Waals surface area contributed by atoms with Crippen molar-refractivity contribution in [2.24, 2.45) is 0 Å². The quantitative estimate of drug-likeness (QED) is 0.750. The molecule has 1 fully saturated rings. The molecule has 1 amide bonds. The van der Waals surface area contributed by atoms with Crippen molar-refractivity contribution in [3.63, 3.8) is 0 Å². The van der Waals surface area contributed by atoms with E-state index >= 15 is 0 Å². The molecule has 0 bridgehead atoms. The Hall–Kier alpha value is -1.88. The molecule has 1 heterocycles. The van der Waals surface area contributed by atoms with Crippen molar-refractivity contribution in [2.75, 3.05) is 39.8 Å². The van der Waals surface area contributed by atoms with Crippen LogP contribution in [0.25, 0.3) is 0 Å². The van der Waals surface area contributed by atoms with Crippen molar-refractivity contribution < 1.29 is 14.3 Å². The molecular formula is C19H28N2O3. The van der Waals surface area contributed by atoms with Crippen LogP contribution in [0, 0.1) is 0 Å². The molecule has 132 valence electrons. The summed E-state index contributed by atoms with van der Waals surface area (Å²) in [6.45, 7) is 4.35. The third-order valence-electron chi connectivity index (χ3n) is 4.55. The van der Waals surface area contributed by atoms with Crippen LogP contribution in [-0.4, -0.2) is 61.5 Å². The standard InChI is InChI=1S/C19H28N2O3/c1-3-24-19(23)15-20(2)18(22)14-21-12-7-10-17(11-13-21)16-8-5-4-6-9-16/h4-6,8-9,17H,3,7,10-15H2,1-2H3. The van der Waals surface area contributed by atoms with E-state index in [0.29, 0.717) is 19.1 Å². The van der Waals surface area contributed by atoms with Crippen molar-refractivity contribution in [3.05, 3.63) is 35.9 Å². The fraction of sp³-hybridized carbons (Fsp3) is 0.579. The van der Waals surface area contributed by atoms with Gasteiger partial charge in [-0.3, -0.25) is 14.5 Å². The fourth-order valence-electron chi connectivity index (χ4n) is 3.17. The minimum absolute atomic E-state index is 0.0210. The monoisotopic (exact) mass is 332 g/mol. The van der Waals surface area contributed by atoms with Gasteiger partial charge in [0.25, 0.3) is 0 Å². The molecule has 0 saturated carbocycles. The summed E-state index contributed by atoms with van der Waals surface area (Å²) in [6, 6.07) is 10.6. The molecule has 1 aliphatic rings. The fourth-order valence-corrected chi connectivity index (χ4v) is 3.17. The summed E-state index contributed by atoms with van der Waals surface area (Å²) >= 11 is 0. The first-order valence-electron chi connectivity index (χ1n) is 8.77. The Balaban J connectivity index is 1.81. The van der Waals surface area contributed by atoms with Crippen LogP contribution in [0.15, 0.2) is 30.3 Å². The van der Waals surface area contributed by atoms with Gasteiger partial charge in [0.2, 0.25) is 5.91 Å². The molecule has 1 aromatic rings. The van der Waals surface area contributed by atoms with Crippen LogP contribution >= 0.6 is 0 Å². The van der Waals surface area contributed by atoms with E-state index in [4.69, 9.17) is 4.74 Å². The number of amides is 1. The normalized spacial score (nSPS) is 18.7. The summed E-state index contributed by atoms with van der Waals surface area (Å²) in [6.07, 6.45) is 3.32. The summed E-state index contributed by atoms with van der Waals surface area (Å²) in [5, 5.41) is 0. The Morgan fingerprint density at radius 2 is 1.96 bits per heavy atom. The topological polar surface area (TPSA) is 49.9 Å². The third kappa shape index (κ3) is 5.64. The molecule has 5 heteroatoms. The van der Waals surface area contributed by atoms with Crippen LogP contribution < -0.4 is 0 Å². The van der Waals surface area contributed by atoms with Gasteiger partial charge in [0.05, 0.1) is 13.2 Å². The minimum atomic E-state index is -0.353. The van der Waals surface area contributed by atoms with Gasteiger partial charge in [-0.2, -0.15) is 0 Å². The lowest BCUT2D eigenvalue weighted by molar-refractivity contribution is -0.148. The van der Waals surface area contributed by atoms with Gasteiger partial charge in [-0.25, -0.2) is 0 Å². The van der Waals surface area contributed by atoms with Crippen molar-refractivity contribution in [3.8, 4) is 0 Å². The lowest BCUT2D eigenvalue weighted by Gasteiger charge is -2.23. The molecule has 1 atom stereocenters. The number of ether oxygens (including phenoxy) is 1. The number of hydrogen-bond donors (Lipinski definition) is 0. The Morgan fingerprint density at radius 1 is 1.21 bits per heavy atom. The average Bonchev–Trinajstić information content (AvgIpc) is 2.81. The van der Waals surface area contributed by atoms with Crippen LogP contribution in [-0.2, 0) is 14.3 Å². The van der Waals surface area contributed by atoms with Gasteiger partial charge in [0.15, 0.2) is 0 Å². The second-order valence-corrected chi connectivity index (χ2v) is 6.37.